The molecule has 122 valence electrons. The molecule has 0 saturated carbocycles. The first kappa shape index (κ1) is 16.0. The van der Waals surface area contributed by atoms with Crippen molar-refractivity contribution >= 4 is 22.3 Å². The highest BCUT2D eigenvalue weighted by Crippen LogP contribution is 2.34. The van der Waals surface area contributed by atoms with Crippen LogP contribution in [0.3, 0.4) is 0 Å². The molecule has 0 bridgehead atoms. The summed E-state index contributed by atoms with van der Waals surface area (Å²) >= 11 is 0. The molecular formula is C18H14N6O. The van der Waals surface area contributed by atoms with Crippen LogP contribution in [-0.4, -0.2) is 23.1 Å². The zero-order valence-corrected chi connectivity index (χ0v) is 13.3. The summed E-state index contributed by atoms with van der Waals surface area (Å²) in [5.74, 6) is 1.09. The van der Waals surface area contributed by atoms with E-state index in [-0.39, 0.29) is 24.7 Å². The van der Waals surface area contributed by atoms with Gasteiger partial charge in [0.1, 0.15) is 30.9 Å². The molecule has 0 aliphatic carbocycles. The van der Waals surface area contributed by atoms with Crippen molar-refractivity contribution in [1.82, 2.24) is 9.97 Å². The molecule has 7 nitrogen and oxygen atoms in total. The van der Waals surface area contributed by atoms with E-state index in [4.69, 9.17) is 21.0 Å². The van der Waals surface area contributed by atoms with E-state index in [1.165, 1.54) is 11.2 Å². The van der Waals surface area contributed by atoms with Gasteiger partial charge in [0, 0.05) is 5.39 Å². The number of rotatable bonds is 5. The van der Waals surface area contributed by atoms with Crippen molar-refractivity contribution in [3.8, 4) is 23.8 Å². The third-order valence-corrected chi connectivity index (χ3v) is 3.61. The van der Waals surface area contributed by atoms with Crippen LogP contribution in [0.2, 0.25) is 0 Å². The first-order valence-electron chi connectivity index (χ1n) is 7.49. The molecule has 0 atom stereocenters. The topological polar surface area (TPSA) is 112 Å². The van der Waals surface area contributed by atoms with Crippen LogP contribution in [-0.2, 0) is 0 Å². The Morgan fingerprint density at radius 3 is 2.48 bits per heavy atom. The lowest BCUT2D eigenvalue weighted by Gasteiger charge is -2.19. The molecule has 0 fully saturated rings. The monoisotopic (exact) mass is 330 g/mol. The SMILES string of the molecule is N#CCN(CC#N)c1ncnc(Oc2cccc3ccccc23)c1N. The molecular weight excluding hydrogens is 316 g/mol. The largest absolute Gasteiger partial charge is 0.436 e. The van der Waals surface area contributed by atoms with Gasteiger partial charge in [-0.15, -0.1) is 0 Å². The number of fused-ring (bicyclic) bond motifs is 1. The average molecular weight is 330 g/mol. The summed E-state index contributed by atoms with van der Waals surface area (Å²) in [7, 11) is 0. The molecule has 3 aromatic rings. The second-order valence-electron chi connectivity index (χ2n) is 5.17. The average Bonchev–Trinajstić information content (AvgIpc) is 2.64. The lowest BCUT2D eigenvalue weighted by atomic mass is 10.1. The number of anilines is 2. The Bertz CT molecular complexity index is 968. The molecule has 0 saturated heterocycles. The summed E-state index contributed by atoms with van der Waals surface area (Å²) in [6.07, 6.45) is 1.30. The highest BCUT2D eigenvalue weighted by atomic mass is 16.5. The van der Waals surface area contributed by atoms with Crippen molar-refractivity contribution in [1.29, 1.82) is 10.5 Å². The van der Waals surface area contributed by atoms with Crippen molar-refractivity contribution in [3.05, 3.63) is 48.8 Å². The number of nitrogens with zero attached hydrogens (tertiary/aromatic N) is 5. The predicted molar refractivity (Wildman–Crippen MR) is 93.9 cm³/mol. The van der Waals surface area contributed by atoms with E-state index in [0.717, 1.165) is 10.8 Å². The fourth-order valence-electron chi connectivity index (χ4n) is 2.47. The van der Waals surface area contributed by atoms with Crippen LogP contribution >= 0.6 is 0 Å². The molecule has 0 radical (unpaired) electrons. The summed E-state index contributed by atoms with van der Waals surface area (Å²) in [5, 5.41) is 19.8. The minimum atomic E-state index is -0.0114. The van der Waals surface area contributed by atoms with Crippen LogP contribution in [0.5, 0.6) is 11.6 Å². The molecule has 25 heavy (non-hydrogen) atoms. The number of benzene rings is 2. The van der Waals surface area contributed by atoms with Crippen molar-refractivity contribution in [3.63, 3.8) is 0 Å². The number of hydrogen-bond donors (Lipinski definition) is 1. The van der Waals surface area contributed by atoms with Crippen molar-refractivity contribution in [2.45, 2.75) is 0 Å². The minimum Gasteiger partial charge on any atom is -0.436 e. The van der Waals surface area contributed by atoms with Crippen LogP contribution in [0.15, 0.2) is 48.8 Å². The van der Waals surface area contributed by atoms with E-state index < -0.39 is 0 Å². The second kappa shape index (κ2) is 7.16. The van der Waals surface area contributed by atoms with Gasteiger partial charge in [-0.1, -0.05) is 36.4 Å². The van der Waals surface area contributed by atoms with E-state index in [9.17, 15) is 0 Å². The van der Waals surface area contributed by atoms with Crippen molar-refractivity contribution < 1.29 is 4.74 Å². The number of aromatic nitrogens is 2. The molecule has 7 heteroatoms. The summed E-state index contributed by atoms with van der Waals surface area (Å²) in [6, 6.07) is 17.5. The lowest BCUT2D eigenvalue weighted by Crippen LogP contribution is -2.26. The van der Waals surface area contributed by atoms with Gasteiger partial charge < -0.3 is 15.4 Å². The van der Waals surface area contributed by atoms with Gasteiger partial charge in [0.25, 0.3) is 0 Å². The highest BCUT2D eigenvalue weighted by molar-refractivity contribution is 5.88. The van der Waals surface area contributed by atoms with Gasteiger partial charge in [0.2, 0.25) is 5.88 Å². The smallest absolute Gasteiger partial charge is 0.248 e. The standard InChI is InChI=1S/C18H14N6O/c19-8-10-24(11-9-20)17-16(21)18(23-12-22-17)25-15-7-3-5-13-4-1-2-6-14(13)15/h1-7,12H,10-11,21H2. The number of nitrogen functional groups attached to an aromatic ring is 1. The summed E-state index contributed by atoms with van der Waals surface area (Å²) in [5.41, 5.74) is 6.31. The molecule has 0 aliphatic rings. The molecule has 3 rings (SSSR count). The van der Waals surface area contributed by atoms with Gasteiger partial charge in [-0.2, -0.15) is 15.5 Å². The van der Waals surface area contributed by atoms with E-state index in [1.54, 1.807) is 0 Å². The van der Waals surface area contributed by atoms with Crippen LogP contribution in [0.4, 0.5) is 11.5 Å². The first-order valence-corrected chi connectivity index (χ1v) is 7.49. The highest BCUT2D eigenvalue weighted by Gasteiger charge is 2.17. The molecule has 2 aromatic carbocycles. The third-order valence-electron chi connectivity index (χ3n) is 3.61. The Morgan fingerprint density at radius 1 is 1.00 bits per heavy atom. The summed E-state index contributed by atoms with van der Waals surface area (Å²) in [4.78, 5) is 9.65. The van der Waals surface area contributed by atoms with Crippen LogP contribution in [0.1, 0.15) is 0 Å². The molecule has 1 aromatic heterocycles. The Balaban J connectivity index is 2.00. The van der Waals surface area contributed by atoms with Crippen LogP contribution < -0.4 is 15.4 Å². The normalized spacial score (nSPS) is 10.0. The Hall–Kier alpha value is -3.84. The Kier molecular flexibility index (Phi) is 4.59. The summed E-state index contributed by atoms with van der Waals surface area (Å²) in [6.45, 7) is -0.0229. The number of ether oxygens (including phenoxy) is 1. The molecule has 0 amide bonds. The lowest BCUT2D eigenvalue weighted by molar-refractivity contribution is 0.469. The predicted octanol–water partition coefficient (Wildman–Crippen LogP) is 2.86. The van der Waals surface area contributed by atoms with Crippen molar-refractivity contribution in [2.24, 2.45) is 0 Å². The van der Waals surface area contributed by atoms with Gasteiger partial charge in [-0.05, 0) is 11.5 Å². The van der Waals surface area contributed by atoms with Gasteiger partial charge in [0.15, 0.2) is 5.82 Å². The second-order valence-corrected chi connectivity index (χ2v) is 5.17. The Labute approximate surface area is 144 Å². The van der Waals surface area contributed by atoms with E-state index in [1.807, 2.05) is 54.6 Å². The fourth-order valence-corrected chi connectivity index (χ4v) is 2.47. The van der Waals surface area contributed by atoms with Gasteiger partial charge in [-0.3, -0.25) is 0 Å². The van der Waals surface area contributed by atoms with Gasteiger partial charge in [-0.25, -0.2) is 4.98 Å². The first-order chi connectivity index (χ1) is 12.2. The van der Waals surface area contributed by atoms with Gasteiger partial charge in [0.05, 0.1) is 12.1 Å². The maximum absolute atomic E-state index is 8.92. The minimum absolute atomic E-state index is 0.0114. The van der Waals surface area contributed by atoms with Crippen molar-refractivity contribution in [2.75, 3.05) is 23.7 Å². The molecule has 0 aliphatic heterocycles. The quantitative estimate of drug-likeness (QED) is 0.716. The summed E-state index contributed by atoms with van der Waals surface area (Å²) < 4.78 is 5.90. The zero-order chi connectivity index (χ0) is 17.6. The number of nitriles is 2. The fraction of sp³-hybridized carbons (Fsp3) is 0.111. The zero-order valence-electron chi connectivity index (χ0n) is 13.3. The van der Waals surface area contributed by atoms with Gasteiger partial charge >= 0.3 is 0 Å². The van der Waals surface area contributed by atoms with Crippen LogP contribution in [0.25, 0.3) is 10.8 Å². The number of nitrogens with two attached hydrogens (primary N) is 1. The molecule has 2 N–H and O–H groups in total. The van der Waals surface area contributed by atoms with E-state index in [2.05, 4.69) is 9.97 Å². The van der Waals surface area contributed by atoms with Crippen LogP contribution in [0, 0.1) is 22.7 Å². The van der Waals surface area contributed by atoms with E-state index in [0.29, 0.717) is 11.6 Å². The van der Waals surface area contributed by atoms with E-state index >= 15 is 0 Å². The molecule has 0 unspecified atom stereocenters. The molecule has 1 heterocycles. The molecule has 0 spiro atoms. The number of hydrogen-bond acceptors (Lipinski definition) is 7. The maximum Gasteiger partial charge on any atom is 0.248 e. The maximum atomic E-state index is 8.92. The third kappa shape index (κ3) is 3.26. The Morgan fingerprint density at radius 2 is 1.72 bits per heavy atom.